The monoisotopic (exact) mass is 255 g/mol. The molecule has 18 heavy (non-hydrogen) atoms. The van der Waals surface area contributed by atoms with Gasteiger partial charge in [0.05, 0.1) is 6.04 Å². The molecule has 3 N–H and O–H groups in total. The Bertz CT molecular complexity index is 305. The van der Waals surface area contributed by atoms with Crippen LogP contribution >= 0.6 is 0 Å². The van der Waals surface area contributed by atoms with E-state index in [1.54, 1.807) is 4.90 Å². The van der Waals surface area contributed by atoms with Crippen molar-refractivity contribution in [1.29, 1.82) is 0 Å². The second-order valence-corrected chi connectivity index (χ2v) is 4.96. The van der Waals surface area contributed by atoms with Crippen LogP contribution in [0.4, 0.5) is 0 Å². The number of likely N-dealkylation sites (tertiary alicyclic amines) is 1. The van der Waals surface area contributed by atoms with Crippen LogP contribution in [0.5, 0.6) is 0 Å². The Morgan fingerprint density at radius 3 is 2.83 bits per heavy atom. The van der Waals surface area contributed by atoms with E-state index in [9.17, 15) is 4.79 Å². The first-order chi connectivity index (χ1) is 8.65. The number of amidine groups is 1. The van der Waals surface area contributed by atoms with Gasteiger partial charge in [0.1, 0.15) is 0 Å². The van der Waals surface area contributed by atoms with Crippen LogP contribution in [-0.2, 0) is 4.79 Å². The summed E-state index contributed by atoms with van der Waals surface area (Å²) < 4.78 is 0. The minimum atomic E-state index is -0.210. The van der Waals surface area contributed by atoms with Gasteiger partial charge in [-0.3, -0.25) is 4.79 Å². The zero-order valence-corrected chi connectivity index (χ0v) is 11.4. The number of oxime groups is 1. The van der Waals surface area contributed by atoms with E-state index in [0.29, 0.717) is 0 Å². The second kappa shape index (κ2) is 7.24. The number of hydrogen-bond acceptors (Lipinski definition) is 3. The van der Waals surface area contributed by atoms with Crippen LogP contribution in [0.2, 0.25) is 0 Å². The third-order valence-corrected chi connectivity index (χ3v) is 3.74. The highest BCUT2D eigenvalue weighted by atomic mass is 16.4. The van der Waals surface area contributed by atoms with Gasteiger partial charge in [-0.1, -0.05) is 31.8 Å². The smallest absolute Gasteiger partial charge is 0.226 e. The lowest BCUT2D eigenvalue weighted by Crippen LogP contribution is -2.46. The quantitative estimate of drug-likeness (QED) is 0.329. The lowest BCUT2D eigenvalue weighted by molar-refractivity contribution is -0.135. The molecule has 1 saturated heterocycles. The highest BCUT2D eigenvalue weighted by Crippen LogP contribution is 2.23. The summed E-state index contributed by atoms with van der Waals surface area (Å²) in [5.74, 6) is 0.406. The number of carbonyl (C=O) groups excluding carboxylic acids is 1. The van der Waals surface area contributed by atoms with E-state index in [0.717, 1.165) is 45.1 Å². The first kappa shape index (κ1) is 14.8. The molecule has 1 fully saturated rings. The van der Waals surface area contributed by atoms with Gasteiger partial charge in [0.15, 0.2) is 5.84 Å². The molecule has 5 heteroatoms. The number of amides is 1. The lowest BCUT2D eigenvalue weighted by Gasteiger charge is -2.27. The van der Waals surface area contributed by atoms with Crippen LogP contribution in [-0.4, -0.2) is 34.4 Å². The number of hydrogen-bond donors (Lipinski definition) is 2. The summed E-state index contributed by atoms with van der Waals surface area (Å²) in [6.07, 6.45) is 5.70. The van der Waals surface area contributed by atoms with Crippen LogP contribution in [0.25, 0.3) is 0 Å². The van der Waals surface area contributed by atoms with Gasteiger partial charge in [0, 0.05) is 12.5 Å². The maximum Gasteiger partial charge on any atom is 0.226 e. The van der Waals surface area contributed by atoms with Crippen molar-refractivity contribution in [3.63, 3.8) is 0 Å². The molecule has 0 bridgehead atoms. The predicted molar refractivity (Wildman–Crippen MR) is 71.4 cm³/mol. The summed E-state index contributed by atoms with van der Waals surface area (Å²) in [4.78, 5) is 14.2. The van der Waals surface area contributed by atoms with Gasteiger partial charge < -0.3 is 15.8 Å². The standard InChI is InChI=1S/C13H25N3O2/c1-3-5-7-10(4-2)13(17)16-9-6-8-11(16)12(14)15-18/h10-11,18H,3-9H2,1-2H3,(H2,14,15). The van der Waals surface area contributed by atoms with E-state index < -0.39 is 0 Å². The summed E-state index contributed by atoms with van der Waals surface area (Å²) in [7, 11) is 0. The highest BCUT2D eigenvalue weighted by Gasteiger charge is 2.34. The molecule has 1 rings (SSSR count). The van der Waals surface area contributed by atoms with E-state index in [-0.39, 0.29) is 23.7 Å². The molecule has 0 aliphatic carbocycles. The van der Waals surface area contributed by atoms with E-state index in [2.05, 4.69) is 12.1 Å². The Labute approximate surface area is 109 Å². The third-order valence-electron chi connectivity index (χ3n) is 3.74. The van der Waals surface area contributed by atoms with Crippen molar-refractivity contribution in [3.8, 4) is 0 Å². The Kier molecular flexibility index (Phi) is 5.95. The Hall–Kier alpha value is -1.26. The molecular weight excluding hydrogens is 230 g/mol. The molecule has 104 valence electrons. The van der Waals surface area contributed by atoms with Crippen LogP contribution in [0.15, 0.2) is 5.16 Å². The number of nitrogens with zero attached hydrogens (tertiary/aromatic N) is 2. The molecule has 0 saturated carbocycles. The fourth-order valence-electron chi connectivity index (χ4n) is 2.59. The van der Waals surface area contributed by atoms with Gasteiger partial charge in [-0.2, -0.15) is 0 Å². The van der Waals surface area contributed by atoms with Crippen molar-refractivity contribution >= 4 is 11.7 Å². The molecule has 0 radical (unpaired) electrons. The normalized spacial score (nSPS) is 22.2. The molecule has 0 spiro atoms. The Balaban J connectivity index is 2.68. The molecule has 2 unspecified atom stereocenters. The lowest BCUT2D eigenvalue weighted by atomic mass is 9.97. The second-order valence-electron chi connectivity index (χ2n) is 4.96. The predicted octanol–water partition coefficient (Wildman–Crippen LogP) is 1.94. The van der Waals surface area contributed by atoms with Gasteiger partial charge in [0.25, 0.3) is 0 Å². The molecule has 1 aliphatic rings. The topological polar surface area (TPSA) is 78.9 Å². The van der Waals surface area contributed by atoms with E-state index in [4.69, 9.17) is 10.9 Å². The van der Waals surface area contributed by atoms with Crippen molar-refractivity contribution in [2.75, 3.05) is 6.54 Å². The summed E-state index contributed by atoms with van der Waals surface area (Å²) in [6, 6.07) is -0.210. The van der Waals surface area contributed by atoms with E-state index in [1.807, 2.05) is 6.92 Å². The fourth-order valence-corrected chi connectivity index (χ4v) is 2.59. The molecule has 1 heterocycles. The van der Waals surface area contributed by atoms with Gasteiger partial charge in [0.2, 0.25) is 5.91 Å². The van der Waals surface area contributed by atoms with E-state index >= 15 is 0 Å². The number of rotatable bonds is 6. The van der Waals surface area contributed by atoms with Crippen molar-refractivity contribution in [1.82, 2.24) is 4.90 Å². The van der Waals surface area contributed by atoms with E-state index in [1.165, 1.54) is 0 Å². The summed E-state index contributed by atoms with van der Waals surface area (Å²) in [5, 5.41) is 11.8. The first-order valence-electron chi connectivity index (χ1n) is 6.93. The molecule has 1 amide bonds. The highest BCUT2D eigenvalue weighted by molar-refractivity contribution is 5.91. The molecule has 1 aliphatic heterocycles. The maximum atomic E-state index is 12.4. The summed E-state index contributed by atoms with van der Waals surface area (Å²) >= 11 is 0. The summed E-state index contributed by atoms with van der Waals surface area (Å²) in [6.45, 7) is 4.90. The molecular formula is C13H25N3O2. The fraction of sp³-hybridized carbons (Fsp3) is 0.846. The van der Waals surface area contributed by atoms with Crippen LogP contribution in [0.1, 0.15) is 52.4 Å². The van der Waals surface area contributed by atoms with Gasteiger partial charge in [-0.15, -0.1) is 0 Å². The maximum absolute atomic E-state index is 12.4. The minimum absolute atomic E-state index is 0.0806. The number of unbranched alkanes of at least 4 members (excludes halogenated alkanes) is 1. The van der Waals surface area contributed by atoms with Crippen LogP contribution in [0.3, 0.4) is 0 Å². The third kappa shape index (κ3) is 3.37. The Morgan fingerprint density at radius 2 is 2.28 bits per heavy atom. The molecule has 5 nitrogen and oxygen atoms in total. The average molecular weight is 255 g/mol. The number of carbonyl (C=O) groups is 1. The zero-order chi connectivity index (χ0) is 13.5. The largest absolute Gasteiger partial charge is 0.409 e. The number of nitrogens with two attached hydrogens (primary N) is 1. The van der Waals surface area contributed by atoms with Crippen molar-refractivity contribution in [2.45, 2.75) is 58.4 Å². The zero-order valence-electron chi connectivity index (χ0n) is 11.4. The van der Waals surface area contributed by atoms with Gasteiger partial charge >= 0.3 is 0 Å². The minimum Gasteiger partial charge on any atom is -0.409 e. The van der Waals surface area contributed by atoms with Crippen LogP contribution in [0, 0.1) is 5.92 Å². The molecule has 0 aromatic heterocycles. The molecule has 2 atom stereocenters. The van der Waals surface area contributed by atoms with Crippen LogP contribution < -0.4 is 5.73 Å². The average Bonchev–Trinajstić information content (AvgIpc) is 2.87. The molecule has 0 aromatic carbocycles. The van der Waals surface area contributed by atoms with Crippen molar-refractivity contribution < 1.29 is 10.0 Å². The Morgan fingerprint density at radius 1 is 1.56 bits per heavy atom. The van der Waals surface area contributed by atoms with Crippen molar-refractivity contribution in [2.24, 2.45) is 16.8 Å². The van der Waals surface area contributed by atoms with Crippen molar-refractivity contribution in [3.05, 3.63) is 0 Å². The molecule has 0 aromatic rings. The summed E-state index contributed by atoms with van der Waals surface area (Å²) in [5.41, 5.74) is 5.65. The first-order valence-corrected chi connectivity index (χ1v) is 6.93. The van der Waals surface area contributed by atoms with Gasteiger partial charge in [-0.05, 0) is 25.7 Å². The van der Waals surface area contributed by atoms with Gasteiger partial charge in [-0.25, -0.2) is 0 Å². The SMILES string of the molecule is CCCCC(CC)C(=O)N1CCCC1C(N)=NO.